The molecule has 1 rings (SSSR count). The molecule has 9 heteroatoms. The van der Waals surface area contributed by atoms with Crippen molar-refractivity contribution in [3.63, 3.8) is 0 Å². The minimum atomic E-state index is -0.545. The SMILES string of the molecule is CNC(=O)Cn1ncc(NCCNC(=O)OC(C)(C)C)cc1=O. The van der Waals surface area contributed by atoms with Crippen LogP contribution in [0.2, 0.25) is 0 Å². The average Bonchev–Trinajstić information content (AvgIpc) is 2.44. The van der Waals surface area contributed by atoms with Gasteiger partial charge in [0.15, 0.2) is 0 Å². The van der Waals surface area contributed by atoms with Gasteiger partial charge in [0.25, 0.3) is 5.56 Å². The molecule has 9 nitrogen and oxygen atoms in total. The van der Waals surface area contributed by atoms with E-state index >= 15 is 0 Å². The molecule has 0 unspecified atom stereocenters. The van der Waals surface area contributed by atoms with Crippen LogP contribution in [-0.2, 0) is 16.1 Å². The van der Waals surface area contributed by atoms with Crippen LogP contribution in [0.15, 0.2) is 17.1 Å². The zero-order chi connectivity index (χ0) is 17.5. The number of amides is 2. The Labute approximate surface area is 134 Å². The normalized spacial score (nSPS) is 10.8. The maximum atomic E-state index is 11.8. The van der Waals surface area contributed by atoms with Crippen LogP contribution in [0.25, 0.3) is 0 Å². The van der Waals surface area contributed by atoms with E-state index in [1.807, 2.05) is 0 Å². The topological polar surface area (TPSA) is 114 Å². The number of anilines is 1. The molecular formula is C14H23N5O4. The Balaban J connectivity index is 2.41. The predicted octanol–water partition coefficient (Wildman–Crippen LogP) is -0.0741. The van der Waals surface area contributed by atoms with Crippen LogP contribution < -0.4 is 21.5 Å². The molecule has 0 aliphatic carbocycles. The van der Waals surface area contributed by atoms with Gasteiger partial charge in [-0.15, -0.1) is 0 Å². The van der Waals surface area contributed by atoms with Crippen LogP contribution in [0, 0.1) is 0 Å². The second kappa shape index (κ2) is 8.16. The van der Waals surface area contributed by atoms with E-state index in [0.29, 0.717) is 18.8 Å². The molecule has 23 heavy (non-hydrogen) atoms. The van der Waals surface area contributed by atoms with Crippen molar-refractivity contribution in [3.05, 3.63) is 22.6 Å². The molecule has 0 bridgehead atoms. The lowest BCUT2D eigenvalue weighted by molar-refractivity contribution is -0.121. The standard InChI is InChI=1S/C14H23N5O4/c1-14(2,3)23-13(22)17-6-5-16-10-7-12(21)19(18-8-10)9-11(20)15-4/h7-8,16H,5-6,9H2,1-4H3,(H,15,20)(H,17,22). The molecule has 0 aromatic carbocycles. The van der Waals surface area contributed by atoms with Gasteiger partial charge in [-0.25, -0.2) is 9.48 Å². The number of carbonyl (C=O) groups excluding carboxylic acids is 2. The van der Waals surface area contributed by atoms with Gasteiger partial charge in [-0.05, 0) is 20.8 Å². The minimum absolute atomic E-state index is 0.129. The summed E-state index contributed by atoms with van der Waals surface area (Å²) in [6, 6.07) is 1.34. The molecular weight excluding hydrogens is 302 g/mol. The van der Waals surface area contributed by atoms with E-state index in [9.17, 15) is 14.4 Å². The third-order valence-corrected chi connectivity index (χ3v) is 2.56. The smallest absolute Gasteiger partial charge is 0.407 e. The zero-order valence-corrected chi connectivity index (χ0v) is 13.8. The summed E-state index contributed by atoms with van der Waals surface area (Å²) in [5.74, 6) is -0.304. The highest BCUT2D eigenvalue weighted by molar-refractivity contribution is 5.75. The van der Waals surface area contributed by atoms with Gasteiger partial charge < -0.3 is 20.7 Å². The van der Waals surface area contributed by atoms with Gasteiger partial charge in [0.2, 0.25) is 5.91 Å². The average molecular weight is 325 g/mol. The van der Waals surface area contributed by atoms with Gasteiger partial charge in [0.05, 0.1) is 11.9 Å². The third-order valence-electron chi connectivity index (χ3n) is 2.56. The highest BCUT2D eigenvalue weighted by atomic mass is 16.6. The molecule has 1 aromatic heterocycles. The van der Waals surface area contributed by atoms with E-state index in [1.165, 1.54) is 19.3 Å². The Morgan fingerprint density at radius 1 is 1.30 bits per heavy atom. The van der Waals surface area contributed by atoms with Crippen molar-refractivity contribution < 1.29 is 14.3 Å². The predicted molar refractivity (Wildman–Crippen MR) is 85.3 cm³/mol. The number of rotatable bonds is 6. The largest absolute Gasteiger partial charge is 0.444 e. The lowest BCUT2D eigenvalue weighted by atomic mass is 10.2. The van der Waals surface area contributed by atoms with E-state index in [2.05, 4.69) is 21.0 Å². The zero-order valence-electron chi connectivity index (χ0n) is 13.8. The fraction of sp³-hybridized carbons (Fsp3) is 0.571. The molecule has 128 valence electrons. The number of hydrogen-bond donors (Lipinski definition) is 3. The van der Waals surface area contributed by atoms with Crippen molar-refractivity contribution in [2.45, 2.75) is 32.9 Å². The summed E-state index contributed by atoms with van der Waals surface area (Å²) in [6.07, 6.45) is 0.941. The second-order valence-electron chi connectivity index (χ2n) is 5.77. The first-order valence-corrected chi connectivity index (χ1v) is 7.20. The van der Waals surface area contributed by atoms with Crippen molar-refractivity contribution >= 4 is 17.7 Å². The number of likely N-dealkylation sites (N-methyl/N-ethyl adjacent to an activating group) is 1. The molecule has 0 radical (unpaired) electrons. The van der Waals surface area contributed by atoms with Gasteiger partial charge >= 0.3 is 6.09 Å². The van der Waals surface area contributed by atoms with Crippen LogP contribution in [-0.4, -0.2) is 47.5 Å². The molecule has 3 N–H and O–H groups in total. The molecule has 1 aromatic rings. The summed E-state index contributed by atoms with van der Waals surface area (Å²) < 4.78 is 6.15. The molecule has 0 aliphatic rings. The highest BCUT2D eigenvalue weighted by Gasteiger charge is 2.15. The fourth-order valence-electron chi connectivity index (χ4n) is 1.55. The second-order valence-corrected chi connectivity index (χ2v) is 5.77. The number of alkyl carbamates (subject to hydrolysis) is 1. The number of carbonyl (C=O) groups is 2. The first kappa shape index (κ1) is 18.5. The Bertz CT molecular complexity index is 606. The number of nitrogens with one attached hydrogen (secondary N) is 3. The molecule has 0 spiro atoms. The molecule has 0 atom stereocenters. The van der Waals surface area contributed by atoms with Crippen LogP contribution in [0.5, 0.6) is 0 Å². The Kier molecular flexibility index (Phi) is 6.55. The van der Waals surface area contributed by atoms with Crippen LogP contribution in [0.4, 0.5) is 10.5 Å². The molecule has 0 saturated heterocycles. The summed E-state index contributed by atoms with van der Waals surface area (Å²) in [4.78, 5) is 34.4. The molecule has 0 aliphatic heterocycles. The number of nitrogens with zero attached hydrogens (tertiary/aromatic N) is 2. The van der Waals surface area contributed by atoms with Gasteiger partial charge in [-0.1, -0.05) is 0 Å². The first-order chi connectivity index (χ1) is 10.7. The summed E-state index contributed by atoms with van der Waals surface area (Å²) in [5, 5.41) is 11.9. The lowest BCUT2D eigenvalue weighted by Crippen LogP contribution is -2.35. The third kappa shape index (κ3) is 7.30. The van der Waals surface area contributed by atoms with Crippen LogP contribution in [0.3, 0.4) is 0 Å². The summed E-state index contributed by atoms with van der Waals surface area (Å²) in [7, 11) is 1.49. The van der Waals surface area contributed by atoms with Crippen molar-refractivity contribution in [2.24, 2.45) is 0 Å². The van der Waals surface area contributed by atoms with Crippen molar-refractivity contribution in [1.29, 1.82) is 0 Å². The van der Waals surface area contributed by atoms with Crippen LogP contribution >= 0.6 is 0 Å². The van der Waals surface area contributed by atoms with Crippen molar-refractivity contribution in [2.75, 3.05) is 25.5 Å². The highest BCUT2D eigenvalue weighted by Crippen LogP contribution is 2.06. The fourth-order valence-corrected chi connectivity index (χ4v) is 1.55. The van der Waals surface area contributed by atoms with E-state index in [-0.39, 0.29) is 12.5 Å². The summed E-state index contributed by atoms with van der Waals surface area (Å²) in [6.45, 7) is 5.95. The molecule has 1 heterocycles. The quantitative estimate of drug-likeness (QED) is 0.631. The van der Waals surface area contributed by atoms with E-state index in [0.717, 1.165) is 4.68 Å². The number of ether oxygens (including phenoxy) is 1. The monoisotopic (exact) mass is 325 g/mol. The maximum Gasteiger partial charge on any atom is 0.407 e. The van der Waals surface area contributed by atoms with Gasteiger partial charge in [0.1, 0.15) is 12.1 Å². The maximum absolute atomic E-state index is 11.8. The van der Waals surface area contributed by atoms with E-state index in [1.54, 1.807) is 20.8 Å². The minimum Gasteiger partial charge on any atom is -0.444 e. The Hall–Kier alpha value is -2.58. The number of aromatic nitrogens is 2. The van der Waals surface area contributed by atoms with Gasteiger partial charge in [-0.2, -0.15) is 5.10 Å². The van der Waals surface area contributed by atoms with E-state index in [4.69, 9.17) is 4.74 Å². The molecule has 0 fully saturated rings. The summed E-state index contributed by atoms with van der Waals surface area (Å²) in [5.41, 5.74) is -0.427. The number of hydrogen-bond acceptors (Lipinski definition) is 6. The van der Waals surface area contributed by atoms with E-state index < -0.39 is 17.3 Å². The van der Waals surface area contributed by atoms with Gasteiger partial charge in [0, 0.05) is 26.2 Å². The lowest BCUT2D eigenvalue weighted by Gasteiger charge is -2.19. The van der Waals surface area contributed by atoms with Crippen molar-refractivity contribution in [3.8, 4) is 0 Å². The van der Waals surface area contributed by atoms with Gasteiger partial charge in [-0.3, -0.25) is 9.59 Å². The van der Waals surface area contributed by atoms with Crippen LogP contribution in [0.1, 0.15) is 20.8 Å². The first-order valence-electron chi connectivity index (χ1n) is 7.20. The Morgan fingerprint density at radius 2 is 2.00 bits per heavy atom. The molecule has 2 amide bonds. The summed E-state index contributed by atoms with van der Waals surface area (Å²) >= 11 is 0. The van der Waals surface area contributed by atoms with Crippen molar-refractivity contribution in [1.82, 2.24) is 20.4 Å². The Morgan fingerprint density at radius 3 is 2.57 bits per heavy atom. The molecule has 0 saturated carbocycles.